The number of ether oxygens (including phenoxy) is 2. The van der Waals surface area contributed by atoms with E-state index in [0.29, 0.717) is 12.3 Å². The minimum Gasteiger partial charge on any atom is -0.474 e. The lowest BCUT2D eigenvalue weighted by molar-refractivity contribution is -0.118. The summed E-state index contributed by atoms with van der Waals surface area (Å²) in [5.74, 6) is -1.08. The summed E-state index contributed by atoms with van der Waals surface area (Å²) in [7, 11) is -9.38. The quantitative estimate of drug-likeness (QED) is 0.0633. The molecule has 3 N–H and O–H groups in total. The summed E-state index contributed by atoms with van der Waals surface area (Å²) in [6, 6.07) is 3.67. The molecule has 3 aromatic rings. The Morgan fingerprint density at radius 3 is 2.42 bits per heavy atom. The maximum absolute atomic E-state index is 13.5. The average Bonchev–Trinajstić information content (AvgIpc) is 3.91. The summed E-state index contributed by atoms with van der Waals surface area (Å²) in [6.45, 7) is 16.0. The van der Waals surface area contributed by atoms with Gasteiger partial charge >= 0.3 is 32.1 Å². The fraction of sp³-hybridized carbons (Fsp3) is 0.718. The number of fused-ring (bicyclic) bond motifs is 2. The first kappa shape index (κ1) is 51.4. The van der Waals surface area contributed by atoms with Gasteiger partial charge in [-0.05, 0) is 40.4 Å². The summed E-state index contributed by atoms with van der Waals surface area (Å²) < 4.78 is 73.7. The minimum atomic E-state index is -3.95. The van der Waals surface area contributed by atoms with Crippen molar-refractivity contribution < 1.29 is 54.8 Å². The van der Waals surface area contributed by atoms with Gasteiger partial charge in [0.1, 0.15) is 36.8 Å². The summed E-state index contributed by atoms with van der Waals surface area (Å²) in [5, 5.41) is 12.2. The van der Waals surface area contributed by atoms with E-state index in [4.69, 9.17) is 52.3 Å². The molecule has 65 heavy (non-hydrogen) atoms. The Bertz CT molecular complexity index is 2270. The lowest BCUT2D eigenvalue weighted by Crippen LogP contribution is -2.65. The fourth-order valence-corrected chi connectivity index (χ4v) is 22.4. The Morgan fingerprint density at radius 1 is 1.09 bits per heavy atom. The topological polar surface area (TPSA) is 263 Å². The van der Waals surface area contributed by atoms with Crippen molar-refractivity contribution in [3.63, 3.8) is 0 Å². The monoisotopic (exact) mass is 999 g/mol. The number of hydrogen-bond acceptors (Lipinski definition) is 18. The van der Waals surface area contributed by atoms with Crippen LogP contribution in [0, 0.1) is 23.2 Å². The first-order chi connectivity index (χ1) is 30.7. The van der Waals surface area contributed by atoms with Crippen molar-refractivity contribution >= 4 is 66.9 Å². The number of nitriles is 1. The highest BCUT2D eigenvalue weighted by Gasteiger charge is 2.63. The van der Waals surface area contributed by atoms with Gasteiger partial charge in [-0.2, -0.15) is 10.2 Å². The molecule has 1 unspecified atom stereocenters. The molecule has 5 heterocycles. The van der Waals surface area contributed by atoms with Crippen LogP contribution in [-0.2, 0) is 57.0 Å². The van der Waals surface area contributed by atoms with Crippen molar-refractivity contribution in [3.8, 4) is 11.9 Å². The third-order valence-electron chi connectivity index (χ3n) is 11.9. The predicted octanol–water partition coefficient (Wildman–Crippen LogP) is 6.81. The number of carbonyl (C=O) groups is 1. The molecule has 0 aromatic carbocycles. The SMILES string of the molecule is CC(C)C(=O)Nc1nc2c(ncn2[C@@H]2O[C@@H]3CO[Si](C(C)C)(C(C)C)O[Si](C(C)C)(C(C)C)O[C@H]3[C@H]2O[P@@](=S)(OCCC#N)OC[C@H]2C[C@@H](Oc3ccncn3)C[C@@H]2O[P+](=O)O)c(=O)[nH]1. The van der Waals surface area contributed by atoms with Crippen LogP contribution in [0.4, 0.5) is 5.95 Å². The third-order valence-corrected chi connectivity index (χ3v) is 25.0. The Kier molecular flexibility index (Phi) is 17.0. The van der Waals surface area contributed by atoms with Gasteiger partial charge in [-0.1, -0.05) is 69.2 Å². The second-order valence-corrected chi connectivity index (χ2v) is 30.5. The van der Waals surface area contributed by atoms with E-state index in [1.165, 1.54) is 23.4 Å². The van der Waals surface area contributed by atoms with Crippen LogP contribution in [0.2, 0.25) is 22.2 Å². The van der Waals surface area contributed by atoms with Crippen LogP contribution in [0.3, 0.4) is 0 Å². The van der Waals surface area contributed by atoms with Gasteiger partial charge in [-0.25, -0.2) is 15.0 Å². The van der Waals surface area contributed by atoms with E-state index in [0.717, 1.165) is 0 Å². The van der Waals surface area contributed by atoms with E-state index < -0.39 is 86.2 Å². The third kappa shape index (κ3) is 11.5. The van der Waals surface area contributed by atoms with Crippen molar-refractivity contribution in [2.75, 3.05) is 25.1 Å². The molecule has 1 amide bonds. The number of nitrogens with one attached hydrogen (secondary N) is 2. The maximum atomic E-state index is 13.5. The molecule has 1 saturated carbocycles. The number of aromatic nitrogens is 6. The van der Waals surface area contributed by atoms with Crippen molar-refractivity contribution in [1.29, 1.82) is 5.26 Å². The van der Waals surface area contributed by atoms with Crippen LogP contribution < -0.4 is 15.6 Å². The Balaban J connectivity index is 1.44. The van der Waals surface area contributed by atoms with Crippen LogP contribution in [0.1, 0.15) is 94.7 Å². The zero-order valence-corrected chi connectivity index (χ0v) is 42.9. The first-order valence-corrected chi connectivity index (χ1v) is 29.5. The highest BCUT2D eigenvalue weighted by atomic mass is 32.5. The van der Waals surface area contributed by atoms with Crippen LogP contribution in [0.5, 0.6) is 5.88 Å². The van der Waals surface area contributed by atoms with Crippen LogP contribution in [0.15, 0.2) is 29.7 Å². The molecule has 6 rings (SSSR count). The van der Waals surface area contributed by atoms with Crippen LogP contribution in [-0.4, -0.2) is 108 Å². The van der Waals surface area contributed by atoms with Gasteiger partial charge in [-0.3, -0.25) is 29.0 Å². The Labute approximate surface area is 386 Å². The van der Waals surface area contributed by atoms with Gasteiger partial charge in [0.25, 0.3) is 5.56 Å². The highest BCUT2D eigenvalue weighted by Crippen LogP contribution is 2.57. The molecule has 1 aliphatic carbocycles. The summed E-state index contributed by atoms with van der Waals surface area (Å²) in [5.41, 5.74) is -0.668. The van der Waals surface area contributed by atoms with Gasteiger partial charge in [0.05, 0.1) is 38.6 Å². The van der Waals surface area contributed by atoms with Gasteiger partial charge in [0.2, 0.25) is 17.7 Å². The van der Waals surface area contributed by atoms with Crippen LogP contribution >= 0.6 is 15.0 Å². The van der Waals surface area contributed by atoms with Crippen LogP contribution in [0.25, 0.3) is 11.2 Å². The average molecular weight is 1000 g/mol. The molecule has 21 nitrogen and oxygen atoms in total. The number of nitrogens with zero attached hydrogens (tertiary/aromatic N) is 6. The molecular formula is C39H61N8O13P2SSi2+. The summed E-state index contributed by atoms with van der Waals surface area (Å²) in [6.07, 6.45) is -0.494. The number of amides is 1. The zero-order valence-electron chi connectivity index (χ0n) is 38.3. The maximum Gasteiger partial charge on any atom is 0.695 e. The predicted molar refractivity (Wildman–Crippen MR) is 244 cm³/mol. The molecular weight excluding hydrogens is 939 g/mol. The smallest absolute Gasteiger partial charge is 0.474 e. The number of anilines is 1. The molecule has 9 atom stereocenters. The van der Waals surface area contributed by atoms with E-state index >= 15 is 0 Å². The summed E-state index contributed by atoms with van der Waals surface area (Å²) >= 11 is 6.20. The number of aromatic amines is 1. The molecule has 2 aliphatic heterocycles. The summed E-state index contributed by atoms with van der Waals surface area (Å²) in [4.78, 5) is 55.7. The van der Waals surface area contributed by atoms with E-state index in [2.05, 4.69) is 91.7 Å². The molecule has 3 aliphatic rings. The lowest BCUT2D eigenvalue weighted by atomic mass is 10.1. The van der Waals surface area contributed by atoms with Crippen molar-refractivity contribution in [2.45, 2.75) is 147 Å². The highest BCUT2D eigenvalue weighted by molar-refractivity contribution is 8.07. The molecule has 0 radical (unpaired) electrons. The molecule has 0 bridgehead atoms. The largest absolute Gasteiger partial charge is 0.695 e. The van der Waals surface area contributed by atoms with Gasteiger partial charge < -0.3 is 31.5 Å². The molecule has 358 valence electrons. The standard InChI is InChI=1S/C39H60N8O13P2SSi2/c1-22(2)36(48)45-39-44-35-32(37(49)46-39)43-21-47(35)38-34(33-30(56-38)19-54-64(23(3)4,24(5)6)60-65(59-33,25(7)8)26(9)10)58-62(63,52-15-11-13-40)53-18-27-16-28(17-29(27)57-61(50)51)55-31-12-14-41-20-42-31/h12,14,20-30,33-34,38H,11,15-19H2,1-10H3,(H2-,44,45,46,48,49,50,51)/p+1/t27-,28-,29+,30-,33-,34-,38-,62-/m1/s1. The second-order valence-electron chi connectivity index (χ2n) is 18.0. The fourth-order valence-electron chi connectivity index (χ4n) is 8.60. The molecule has 3 aromatic heterocycles. The Hall–Kier alpha value is -2.99. The minimum absolute atomic E-state index is 0.0342. The normalized spacial score (nSPS) is 26.6. The van der Waals surface area contributed by atoms with Crippen molar-refractivity contribution in [3.05, 3.63) is 35.3 Å². The number of carbonyl (C=O) groups excluding carboxylic acids is 1. The first-order valence-electron chi connectivity index (χ1n) is 21.9. The van der Waals surface area contributed by atoms with E-state index in [1.54, 1.807) is 19.9 Å². The number of imidazole rings is 1. The number of H-pyrrole nitrogens is 1. The van der Waals surface area contributed by atoms with E-state index in [9.17, 15) is 24.3 Å². The zero-order chi connectivity index (χ0) is 47.4. The molecule has 0 spiro atoms. The number of rotatable bonds is 19. The van der Waals surface area contributed by atoms with Gasteiger partial charge in [-0.15, -0.1) is 9.42 Å². The lowest BCUT2D eigenvalue weighted by Gasteiger charge is -2.51. The molecule has 2 saturated heterocycles. The van der Waals surface area contributed by atoms with Crippen molar-refractivity contribution in [2.24, 2.45) is 11.8 Å². The van der Waals surface area contributed by atoms with Crippen molar-refractivity contribution in [1.82, 2.24) is 29.5 Å². The second kappa shape index (κ2) is 21.5. The van der Waals surface area contributed by atoms with Gasteiger partial charge in [0, 0.05) is 35.1 Å². The Morgan fingerprint density at radius 2 is 1.80 bits per heavy atom. The number of hydrogen-bond donors (Lipinski definition) is 3. The molecule has 3 fully saturated rings. The molecule has 26 heteroatoms. The van der Waals surface area contributed by atoms with E-state index in [-0.39, 0.29) is 77.8 Å². The van der Waals surface area contributed by atoms with Gasteiger partial charge in [0.15, 0.2) is 17.4 Å². The van der Waals surface area contributed by atoms with E-state index in [1.807, 2.05) is 0 Å².